The van der Waals surface area contributed by atoms with Gasteiger partial charge in [0.15, 0.2) is 0 Å². The van der Waals surface area contributed by atoms with Crippen molar-refractivity contribution in [3.05, 3.63) is 76.8 Å². The Morgan fingerprint density at radius 1 is 1.09 bits per heavy atom. The first kappa shape index (κ1) is 23.7. The number of nitrogens with one attached hydrogen (secondary N) is 2. The molecule has 0 radical (unpaired) electrons. The minimum atomic E-state index is -0.534. The molecule has 0 fully saturated rings. The summed E-state index contributed by atoms with van der Waals surface area (Å²) in [6.45, 7) is 3.92. The van der Waals surface area contributed by atoms with Gasteiger partial charge in [-0.3, -0.25) is 14.4 Å². The van der Waals surface area contributed by atoms with Gasteiger partial charge < -0.3 is 20.1 Å². The van der Waals surface area contributed by atoms with Crippen LogP contribution in [0.2, 0.25) is 0 Å². The molecule has 0 saturated heterocycles. The van der Waals surface area contributed by atoms with Crippen molar-refractivity contribution in [2.75, 3.05) is 25.6 Å². The lowest BCUT2D eigenvalue weighted by Crippen LogP contribution is -2.30. The van der Waals surface area contributed by atoms with Gasteiger partial charge in [0.05, 0.1) is 25.0 Å². The fourth-order valence-electron chi connectivity index (χ4n) is 3.44. The number of carbonyl (C=O) groups excluding carboxylic acids is 3. The van der Waals surface area contributed by atoms with E-state index in [2.05, 4.69) is 15.4 Å². The second kappa shape index (κ2) is 10.6. The van der Waals surface area contributed by atoms with Crippen LogP contribution in [-0.4, -0.2) is 38.0 Å². The first-order valence-electron chi connectivity index (χ1n) is 10.5. The maximum absolute atomic E-state index is 13.6. The number of esters is 1. The van der Waals surface area contributed by atoms with Crippen molar-refractivity contribution >= 4 is 34.6 Å². The van der Waals surface area contributed by atoms with Gasteiger partial charge in [-0.2, -0.15) is 0 Å². The molecule has 0 bridgehead atoms. The molecule has 1 aliphatic rings. The Hall–Kier alpha value is -3.94. The van der Waals surface area contributed by atoms with Gasteiger partial charge in [-0.25, -0.2) is 4.39 Å². The highest BCUT2D eigenvalue weighted by Gasteiger charge is 2.28. The lowest BCUT2D eigenvalue weighted by Gasteiger charge is -2.12. The number of halogens is 1. The van der Waals surface area contributed by atoms with Gasteiger partial charge in [-0.05, 0) is 60.9 Å². The zero-order chi connectivity index (χ0) is 24.0. The summed E-state index contributed by atoms with van der Waals surface area (Å²) in [6, 6.07) is 11.0. The lowest BCUT2D eigenvalue weighted by molar-refractivity contribution is -0.139. The van der Waals surface area contributed by atoms with E-state index in [9.17, 15) is 18.8 Å². The van der Waals surface area contributed by atoms with Crippen LogP contribution in [0.5, 0.6) is 0 Å². The third-order valence-electron chi connectivity index (χ3n) is 5.10. The monoisotopic (exact) mass is 452 g/mol. The number of allylic oxidation sites excluding steroid dienone is 2. The third kappa shape index (κ3) is 5.46. The van der Waals surface area contributed by atoms with Crippen LogP contribution < -0.4 is 10.6 Å². The number of hydrogen-bond acceptors (Lipinski definition) is 5. The first-order valence-corrected chi connectivity index (χ1v) is 10.5. The standard InChI is InChI=1S/C25H25FN2O5/c1-4-15(16-6-8-17(9-7-16)24(30)27-14-22(29)32-3)12-21(33-5-2)23-19-11-10-18(26)13-20(19)28-25(23)31/h6-13H,4-5,14H2,1-3H3,(H,27,30)(H,28,31)/b15-12+,23-21+. The summed E-state index contributed by atoms with van der Waals surface area (Å²) in [5.41, 5.74) is 3.45. The molecule has 0 spiro atoms. The van der Waals surface area contributed by atoms with Crippen molar-refractivity contribution in [2.24, 2.45) is 0 Å². The molecule has 2 aromatic carbocycles. The van der Waals surface area contributed by atoms with Gasteiger partial charge >= 0.3 is 5.97 Å². The Labute approximate surface area is 191 Å². The number of benzene rings is 2. The highest BCUT2D eigenvalue weighted by atomic mass is 19.1. The van der Waals surface area contributed by atoms with E-state index < -0.39 is 17.7 Å². The van der Waals surface area contributed by atoms with E-state index in [1.165, 1.54) is 19.2 Å². The van der Waals surface area contributed by atoms with E-state index >= 15 is 0 Å². The summed E-state index contributed by atoms with van der Waals surface area (Å²) in [4.78, 5) is 36.0. The molecule has 33 heavy (non-hydrogen) atoms. The Kier molecular flexibility index (Phi) is 7.61. The van der Waals surface area contributed by atoms with Crippen molar-refractivity contribution in [1.29, 1.82) is 0 Å². The topological polar surface area (TPSA) is 93.7 Å². The van der Waals surface area contributed by atoms with Crippen LogP contribution >= 0.6 is 0 Å². The van der Waals surface area contributed by atoms with Crippen LogP contribution in [-0.2, 0) is 19.1 Å². The quantitative estimate of drug-likeness (QED) is 0.360. The van der Waals surface area contributed by atoms with E-state index in [1.807, 2.05) is 13.8 Å². The summed E-state index contributed by atoms with van der Waals surface area (Å²) in [6.07, 6.45) is 2.43. The van der Waals surface area contributed by atoms with Crippen molar-refractivity contribution in [3.8, 4) is 0 Å². The molecule has 1 heterocycles. The van der Waals surface area contributed by atoms with Crippen LogP contribution in [0.1, 0.15) is 41.8 Å². The van der Waals surface area contributed by atoms with E-state index in [0.29, 0.717) is 41.2 Å². The highest BCUT2D eigenvalue weighted by Crippen LogP contribution is 2.36. The molecule has 7 nitrogen and oxygen atoms in total. The van der Waals surface area contributed by atoms with E-state index in [-0.39, 0.29) is 12.5 Å². The molecule has 2 amide bonds. The summed E-state index contributed by atoms with van der Waals surface area (Å²) < 4.78 is 23.9. The molecule has 8 heteroatoms. The fourth-order valence-corrected chi connectivity index (χ4v) is 3.44. The van der Waals surface area contributed by atoms with Gasteiger partial charge in [0.2, 0.25) is 0 Å². The maximum atomic E-state index is 13.6. The number of carbonyl (C=O) groups is 3. The number of rotatable bonds is 8. The molecule has 172 valence electrons. The van der Waals surface area contributed by atoms with Crippen molar-refractivity contribution < 1.29 is 28.2 Å². The van der Waals surface area contributed by atoms with Crippen LogP contribution in [0, 0.1) is 5.82 Å². The fraction of sp³-hybridized carbons (Fsp3) is 0.240. The molecule has 0 saturated carbocycles. The molecule has 0 unspecified atom stereocenters. The smallest absolute Gasteiger partial charge is 0.325 e. The van der Waals surface area contributed by atoms with E-state index in [0.717, 1.165) is 11.1 Å². The minimum Gasteiger partial charge on any atom is -0.493 e. The summed E-state index contributed by atoms with van der Waals surface area (Å²) in [5, 5.41) is 5.17. The molecule has 2 N–H and O–H groups in total. The van der Waals surface area contributed by atoms with Gasteiger partial charge in [-0.15, -0.1) is 0 Å². The first-order chi connectivity index (χ1) is 15.9. The average Bonchev–Trinajstić information content (AvgIpc) is 3.14. The number of hydrogen-bond donors (Lipinski definition) is 2. The Morgan fingerprint density at radius 3 is 2.42 bits per heavy atom. The third-order valence-corrected chi connectivity index (χ3v) is 5.10. The van der Waals surface area contributed by atoms with Crippen molar-refractivity contribution in [1.82, 2.24) is 5.32 Å². The second-order valence-electron chi connectivity index (χ2n) is 7.18. The maximum Gasteiger partial charge on any atom is 0.325 e. The molecular formula is C25H25FN2O5. The van der Waals surface area contributed by atoms with Crippen molar-refractivity contribution in [3.63, 3.8) is 0 Å². The molecule has 0 aliphatic carbocycles. The molecule has 0 aromatic heterocycles. The van der Waals surface area contributed by atoms with Gasteiger partial charge in [0.25, 0.3) is 11.8 Å². The highest BCUT2D eigenvalue weighted by molar-refractivity contribution is 6.32. The second-order valence-corrected chi connectivity index (χ2v) is 7.18. The SMILES string of the molecule is CCOC(/C=C(\CC)c1ccc(C(=O)NCC(=O)OC)cc1)=C1/C(=O)Nc2cc(F)ccc21. The lowest BCUT2D eigenvalue weighted by atomic mass is 9.98. The average molecular weight is 452 g/mol. The van der Waals surface area contributed by atoms with Crippen molar-refractivity contribution in [2.45, 2.75) is 20.3 Å². The van der Waals surface area contributed by atoms with Gasteiger partial charge in [0, 0.05) is 11.1 Å². The molecule has 2 aromatic rings. The summed E-state index contributed by atoms with van der Waals surface area (Å²) in [7, 11) is 1.25. The molecule has 3 rings (SSSR count). The molecular weight excluding hydrogens is 427 g/mol. The van der Waals surface area contributed by atoms with Crippen LogP contribution in [0.25, 0.3) is 11.1 Å². The molecule has 0 atom stereocenters. The largest absolute Gasteiger partial charge is 0.493 e. The number of ether oxygens (including phenoxy) is 2. The molecule has 1 aliphatic heterocycles. The number of fused-ring (bicyclic) bond motifs is 1. The van der Waals surface area contributed by atoms with Gasteiger partial charge in [0.1, 0.15) is 18.1 Å². The predicted molar refractivity (Wildman–Crippen MR) is 123 cm³/mol. The van der Waals surface area contributed by atoms with Crippen LogP contribution in [0.3, 0.4) is 0 Å². The Bertz CT molecular complexity index is 1140. The summed E-state index contributed by atoms with van der Waals surface area (Å²) in [5.74, 6) is -1.33. The predicted octanol–water partition coefficient (Wildman–Crippen LogP) is 3.92. The zero-order valence-corrected chi connectivity index (χ0v) is 18.7. The number of anilines is 1. The Morgan fingerprint density at radius 2 is 1.79 bits per heavy atom. The number of methoxy groups -OCH3 is 1. The van der Waals surface area contributed by atoms with Crippen LogP contribution in [0.4, 0.5) is 10.1 Å². The normalized spacial score (nSPS) is 14.3. The van der Waals surface area contributed by atoms with E-state index in [4.69, 9.17) is 4.74 Å². The zero-order valence-electron chi connectivity index (χ0n) is 18.7. The summed E-state index contributed by atoms with van der Waals surface area (Å²) >= 11 is 0. The van der Waals surface area contributed by atoms with E-state index in [1.54, 1.807) is 36.4 Å². The van der Waals surface area contributed by atoms with Gasteiger partial charge in [-0.1, -0.05) is 19.1 Å². The van der Waals surface area contributed by atoms with Crippen LogP contribution in [0.15, 0.2) is 54.3 Å². The number of amides is 2. The Balaban J connectivity index is 1.93. The minimum absolute atomic E-state index is 0.212.